The third-order valence-corrected chi connectivity index (χ3v) is 6.91. The quantitative estimate of drug-likeness (QED) is 0.215. The molecular weight excluding hydrogens is 498 g/mol. The third-order valence-electron chi connectivity index (χ3n) is 6.91. The van der Waals surface area contributed by atoms with Gasteiger partial charge in [0.2, 0.25) is 0 Å². The number of aromatic hydroxyl groups is 1. The van der Waals surface area contributed by atoms with Crippen LogP contribution in [0.2, 0.25) is 0 Å². The number of rotatable bonds is 14. The topological polar surface area (TPSA) is 104 Å². The number of pyridine rings is 1. The van der Waals surface area contributed by atoms with Gasteiger partial charge in [-0.05, 0) is 61.6 Å². The summed E-state index contributed by atoms with van der Waals surface area (Å²) in [7, 11) is 4.65. The van der Waals surface area contributed by atoms with E-state index in [-0.39, 0.29) is 29.5 Å². The van der Waals surface area contributed by atoms with Gasteiger partial charge >= 0.3 is 5.97 Å². The lowest BCUT2D eigenvalue weighted by Crippen LogP contribution is -2.31. The molecule has 8 heteroatoms. The van der Waals surface area contributed by atoms with Crippen LogP contribution in [0.25, 0.3) is 0 Å². The number of hydrogen-bond donors (Lipinski definition) is 1. The number of ketones is 1. The van der Waals surface area contributed by atoms with E-state index in [1.54, 1.807) is 14.2 Å². The Bertz CT molecular complexity index is 1180. The molecule has 0 amide bonds. The van der Waals surface area contributed by atoms with Crippen molar-refractivity contribution in [3.05, 3.63) is 77.6 Å². The highest BCUT2D eigenvalue weighted by atomic mass is 16.5. The molecule has 0 aliphatic carbocycles. The molecule has 1 N–H and O–H groups in total. The summed E-state index contributed by atoms with van der Waals surface area (Å²) in [5.74, 6) is -0.221. The lowest BCUT2D eigenvalue weighted by atomic mass is 9.88. The highest BCUT2D eigenvalue weighted by Gasteiger charge is 2.29. The maximum atomic E-state index is 13.2. The van der Waals surface area contributed by atoms with Crippen molar-refractivity contribution in [3.63, 3.8) is 0 Å². The Morgan fingerprint density at radius 1 is 0.846 bits per heavy atom. The summed E-state index contributed by atoms with van der Waals surface area (Å²) in [6.45, 7) is 3.72. The molecule has 3 aromatic rings. The molecule has 39 heavy (non-hydrogen) atoms. The van der Waals surface area contributed by atoms with E-state index in [4.69, 9.17) is 18.9 Å². The molecule has 2 atom stereocenters. The normalized spacial score (nSPS) is 12.5. The summed E-state index contributed by atoms with van der Waals surface area (Å²) in [6.07, 6.45) is 2.61. The minimum Gasteiger partial charge on any atom is -0.503 e. The molecular formula is C31H37NO7. The molecule has 0 spiro atoms. The minimum absolute atomic E-state index is 0.0203. The van der Waals surface area contributed by atoms with E-state index in [2.05, 4.69) is 4.98 Å². The van der Waals surface area contributed by atoms with Crippen molar-refractivity contribution in [2.24, 2.45) is 11.8 Å². The Kier molecular flexibility index (Phi) is 10.7. The fourth-order valence-corrected chi connectivity index (χ4v) is 4.43. The number of aromatic nitrogens is 1. The zero-order valence-electron chi connectivity index (χ0n) is 23.2. The van der Waals surface area contributed by atoms with Crippen LogP contribution in [0.5, 0.6) is 23.0 Å². The van der Waals surface area contributed by atoms with Crippen molar-refractivity contribution in [3.8, 4) is 23.0 Å². The number of esters is 1. The number of benzene rings is 2. The fraction of sp³-hybridized carbons (Fsp3) is 0.387. The molecule has 0 bridgehead atoms. The second kappa shape index (κ2) is 14.2. The Balaban J connectivity index is 1.74. The first-order valence-electron chi connectivity index (χ1n) is 13.0. The van der Waals surface area contributed by atoms with E-state index in [1.807, 2.05) is 62.4 Å². The first-order valence-corrected chi connectivity index (χ1v) is 13.0. The van der Waals surface area contributed by atoms with Gasteiger partial charge in [0.15, 0.2) is 23.0 Å². The molecule has 208 valence electrons. The van der Waals surface area contributed by atoms with E-state index in [0.29, 0.717) is 19.3 Å². The number of carbonyl (C=O) groups excluding carboxylic acids is 2. The van der Waals surface area contributed by atoms with Gasteiger partial charge in [0, 0.05) is 24.6 Å². The molecule has 3 rings (SSSR count). The Morgan fingerprint density at radius 3 is 1.85 bits per heavy atom. The Labute approximate surface area is 229 Å². The Morgan fingerprint density at radius 2 is 1.38 bits per heavy atom. The fourth-order valence-electron chi connectivity index (χ4n) is 4.43. The van der Waals surface area contributed by atoms with Crippen molar-refractivity contribution >= 4 is 11.8 Å². The monoisotopic (exact) mass is 535 g/mol. The van der Waals surface area contributed by atoms with Gasteiger partial charge in [-0.3, -0.25) is 9.59 Å². The van der Waals surface area contributed by atoms with Gasteiger partial charge in [-0.15, -0.1) is 0 Å². The van der Waals surface area contributed by atoms with Crippen molar-refractivity contribution in [1.82, 2.24) is 4.98 Å². The number of carbonyl (C=O) groups is 2. The molecule has 0 aliphatic heterocycles. The van der Waals surface area contributed by atoms with E-state index in [9.17, 15) is 14.7 Å². The van der Waals surface area contributed by atoms with Crippen molar-refractivity contribution in [2.45, 2.75) is 45.6 Å². The molecule has 0 saturated heterocycles. The summed E-state index contributed by atoms with van der Waals surface area (Å²) >= 11 is 0. The maximum absolute atomic E-state index is 13.2. The van der Waals surface area contributed by atoms with Gasteiger partial charge in [-0.2, -0.15) is 0 Å². The predicted octanol–water partition coefficient (Wildman–Crippen LogP) is 5.45. The largest absolute Gasteiger partial charge is 0.503 e. The summed E-state index contributed by atoms with van der Waals surface area (Å²) in [5, 5.41) is 10.3. The number of nitrogens with zero attached hydrogens (tertiary/aromatic N) is 1. The first-order chi connectivity index (χ1) is 18.8. The molecule has 0 saturated carbocycles. The second-order valence-electron chi connectivity index (χ2n) is 9.45. The van der Waals surface area contributed by atoms with E-state index < -0.39 is 23.8 Å². The SMILES string of the molecule is CC[C@H](CC(=O)c1nccc(OC)c1O)C(=O)O[C@@H](C)C(Cc1ccc(OC)cc1)Cc1ccc(OC)cc1. The number of hydrogen-bond acceptors (Lipinski definition) is 8. The van der Waals surface area contributed by atoms with Gasteiger partial charge < -0.3 is 24.1 Å². The first kappa shape index (κ1) is 29.5. The second-order valence-corrected chi connectivity index (χ2v) is 9.45. The van der Waals surface area contributed by atoms with Crippen molar-refractivity contribution in [1.29, 1.82) is 0 Å². The lowest BCUT2D eigenvalue weighted by Gasteiger charge is -2.26. The minimum atomic E-state index is -0.671. The van der Waals surface area contributed by atoms with Gasteiger partial charge in [0.25, 0.3) is 0 Å². The Hall–Kier alpha value is -4.07. The molecule has 0 radical (unpaired) electrons. The summed E-state index contributed by atoms with van der Waals surface area (Å²) in [5.41, 5.74) is 2.07. The number of methoxy groups -OCH3 is 3. The molecule has 1 aromatic heterocycles. The summed E-state index contributed by atoms with van der Waals surface area (Å²) in [4.78, 5) is 30.1. The van der Waals surface area contributed by atoms with Crippen LogP contribution in [0.4, 0.5) is 0 Å². The molecule has 2 aromatic carbocycles. The van der Waals surface area contributed by atoms with Crippen molar-refractivity contribution in [2.75, 3.05) is 21.3 Å². The number of Topliss-reactive ketones (excluding diaryl/α,β-unsaturated/α-hetero) is 1. The summed E-state index contributed by atoms with van der Waals surface area (Å²) < 4.78 is 21.6. The maximum Gasteiger partial charge on any atom is 0.309 e. The zero-order valence-corrected chi connectivity index (χ0v) is 23.2. The molecule has 0 aliphatic rings. The molecule has 0 fully saturated rings. The van der Waals surface area contributed by atoms with Gasteiger partial charge in [-0.25, -0.2) is 4.98 Å². The molecule has 8 nitrogen and oxygen atoms in total. The van der Waals surface area contributed by atoms with Crippen LogP contribution in [-0.2, 0) is 22.4 Å². The summed E-state index contributed by atoms with van der Waals surface area (Å²) in [6, 6.07) is 17.2. The van der Waals surface area contributed by atoms with Crippen LogP contribution >= 0.6 is 0 Å². The zero-order chi connectivity index (χ0) is 28.4. The average Bonchev–Trinajstić information content (AvgIpc) is 2.96. The highest BCUT2D eigenvalue weighted by Crippen LogP contribution is 2.30. The van der Waals surface area contributed by atoms with Crippen LogP contribution in [-0.4, -0.2) is 49.3 Å². The van der Waals surface area contributed by atoms with E-state index in [1.165, 1.54) is 19.4 Å². The standard InChI is InChI=1S/C31H37NO7/c1-6-23(19-27(33)29-30(34)28(38-5)15-16-32-29)31(35)39-20(2)24(17-21-7-11-25(36-3)12-8-21)18-22-9-13-26(37-4)14-10-22/h7-16,20,23-24,34H,6,17-19H2,1-5H3/t20-,23+/m0/s1. The van der Waals surface area contributed by atoms with E-state index >= 15 is 0 Å². The van der Waals surface area contributed by atoms with E-state index in [0.717, 1.165) is 22.6 Å². The third kappa shape index (κ3) is 7.96. The van der Waals surface area contributed by atoms with Gasteiger partial charge in [-0.1, -0.05) is 31.2 Å². The van der Waals surface area contributed by atoms with Gasteiger partial charge in [0.05, 0.1) is 27.2 Å². The molecule has 0 unspecified atom stereocenters. The predicted molar refractivity (Wildman–Crippen MR) is 148 cm³/mol. The van der Waals surface area contributed by atoms with Crippen LogP contribution in [0.1, 0.15) is 48.3 Å². The van der Waals surface area contributed by atoms with Crippen LogP contribution in [0.3, 0.4) is 0 Å². The average molecular weight is 536 g/mol. The van der Waals surface area contributed by atoms with Gasteiger partial charge in [0.1, 0.15) is 17.6 Å². The highest BCUT2D eigenvalue weighted by molar-refractivity contribution is 5.99. The van der Waals surface area contributed by atoms with Crippen LogP contribution < -0.4 is 14.2 Å². The molecule has 1 heterocycles. The van der Waals surface area contributed by atoms with Crippen LogP contribution in [0, 0.1) is 11.8 Å². The number of ether oxygens (including phenoxy) is 4. The smallest absolute Gasteiger partial charge is 0.309 e. The van der Waals surface area contributed by atoms with Crippen LogP contribution in [0.15, 0.2) is 60.8 Å². The lowest BCUT2D eigenvalue weighted by molar-refractivity contribution is -0.156. The van der Waals surface area contributed by atoms with Crippen molar-refractivity contribution < 1.29 is 33.6 Å².